The maximum atomic E-state index is 14.7. The highest BCUT2D eigenvalue weighted by Gasteiger charge is 2.51. The zero-order chi connectivity index (χ0) is 15.5. The molecular weight excluding hydrogens is 281 g/mol. The third-order valence-electron chi connectivity index (χ3n) is 4.61. The molecule has 0 spiro atoms. The van der Waals surface area contributed by atoms with E-state index in [1.54, 1.807) is 24.3 Å². The van der Waals surface area contributed by atoms with Gasteiger partial charge in [0.25, 0.3) is 0 Å². The summed E-state index contributed by atoms with van der Waals surface area (Å²) in [6, 6.07) is 9.47. The van der Waals surface area contributed by atoms with Gasteiger partial charge in [0.05, 0.1) is 5.57 Å². The Bertz CT molecular complexity index is 888. The monoisotopic (exact) mass is 296 g/mol. The van der Waals surface area contributed by atoms with Crippen LogP contribution in [0.1, 0.15) is 22.4 Å². The molecule has 110 valence electrons. The maximum absolute atomic E-state index is 14.7. The molecule has 3 heterocycles. The summed E-state index contributed by atoms with van der Waals surface area (Å²) in [5.41, 5.74) is 5.30. The Kier molecular flexibility index (Phi) is 2.58. The highest BCUT2D eigenvalue weighted by Crippen LogP contribution is 2.39. The van der Waals surface area contributed by atoms with Crippen LogP contribution in [0, 0.1) is 13.8 Å². The Labute approximate surface area is 127 Å². The van der Waals surface area contributed by atoms with Crippen molar-refractivity contribution in [2.24, 2.45) is 0 Å². The van der Waals surface area contributed by atoms with Gasteiger partial charge < -0.3 is 17.6 Å². The number of benzene rings is 1. The van der Waals surface area contributed by atoms with Crippen LogP contribution < -0.4 is 0 Å². The fraction of sp³-hybridized carbons (Fsp3) is 0.118. The van der Waals surface area contributed by atoms with Gasteiger partial charge >= 0.3 is 6.97 Å². The van der Waals surface area contributed by atoms with Crippen LogP contribution in [-0.4, -0.2) is 22.1 Å². The number of aromatic nitrogens is 1. The summed E-state index contributed by atoms with van der Waals surface area (Å²) in [4.78, 5) is 0. The van der Waals surface area contributed by atoms with E-state index in [0.717, 1.165) is 31.2 Å². The molecule has 0 unspecified atom stereocenters. The lowest BCUT2D eigenvalue weighted by molar-refractivity contribution is -0.356. The minimum absolute atomic E-state index is 0.574. The Balaban J connectivity index is 2.09. The van der Waals surface area contributed by atoms with Crippen molar-refractivity contribution >= 4 is 18.8 Å². The molecule has 0 saturated carbocycles. The number of rotatable bonds is 1. The van der Waals surface area contributed by atoms with Crippen LogP contribution in [0.2, 0.25) is 0 Å². The van der Waals surface area contributed by atoms with Gasteiger partial charge in [-0.05, 0) is 48.9 Å². The number of hydrogen-bond acceptors (Lipinski definition) is 0. The number of fused-ring (bicyclic) bond motifs is 2. The molecule has 2 aliphatic rings. The van der Waals surface area contributed by atoms with Crippen molar-refractivity contribution in [1.29, 1.82) is 0 Å². The largest absolute Gasteiger partial charge is 0.737 e. The Morgan fingerprint density at radius 2 is 1.91 bits per heavy atom. The van der Waals surface area contributed by atoms with E-state index >= 15 is 0 Å². The van der Waals surface area contributed by atoms with E-state index in [4.69, 9.17) is 0 Å². The summed E-state index contributed by atoms with van der Waals surface area (Å²) in [6.07, 6.45) is 6.37. The smallest absolute Gasteiger partial charge is 0.396 e. The molecule has 0 fully saturated rings. The average Bonchev–Trinajstić information content (AvgIpc) is 3.13. The SMILES string of the molecule is Cc1cccc(C2=C3C=CC=[N+]3[B-](F)(F)n3cccc32)c1C. The predicted octanol–water partition coefficient (Wildman–Crippen LogP) is 3.75. The number of halogens is 2. The van der Waals surface area contributed by atoms with Crippen LogP contribution >= 0.6 is 0 Å². The van der Waals surface area contributed by atoms with Gasteiger partial charge in [0, 0.05) is 17.8 Å². The number of hydrogen-bond donors (Lipinski definition) is 0. The fourth-order valence-electron chi connectivity index (χ4n) is 3.32. The Morgan fingerprint density at radius 3 is 2.73 bits per heavy atom. The quantitative estimate of drug-likeness (QED) is 0.708. The van der Waals surface area contributed by atoms with Gasteiger partial charge in [0.1, 0.15) is 6.21 Å². The lowest BCUT2D eigenvalue weighted by Crippen LogP contribution is -2.49. The predicted molar refractivity (Wildman–Crippen MR) is 85.2 cm³/mol. The number of nitrogens with zero attached hydrogens (tertiary/aromatic N) is 2. The summed E-state index contributed by atoms with van der Waals surface area (Å²) >= 11 is 0. The topological polar surface area (TPSA) is 7.94 Å². The molecule has 0 amide bonds. The van der Waals surface area contributed by atoms with Crippen LogP contribution in [0.5, 0.6) is 0 Å². The molecule has 0 N–H and O–H groups in total. The lowest BCUT2D eigenvalue weighted by Gasteiger charge is -2.31. The van der Waals surface area contributed by atoms with Crippen molar-refractivity contribution in [2.45, 2.75) is 13.8 Å². The van der Waals surface area contributed by atoms with Crippen molar-refractivity contribution < 1.29 is 13.1 Å². The first-order valence-electron chi connectivity index (χ1n) is 7.32. The molecular formula is C17H15BF2N2. The Hall–Kier alpha value is -2.43. The van der Waals surface area contributed by atoms with Crippen molar-refractivity contribution in [3.63, 3.8) is 0 Å². The molecule has 0 radical (unpaired) electrons. The normalized spacial score (nSPS) is 18.3. The Morgan fingerprint density at radius 1 is 1.09 bits per heavy atom. The van der Waals surface area contributed by atoms with Crippen LogP contribution in [0.15, 0.2) is 54.4 Å². The van der Waals surface area contributed by atoms with Crippen molar-refractivity contribution in [1.82, 2.24) is 4.48 Å². The van der Waals surface area contributed by atoms with Gasteiger partial charge in [-0.2, -0.15) is 0 Å². The molecule has 0 aliphatic carbocycles. The van der Waals surface area contributed by atoms with E-state index in [-0.39, 0.29) is 0 Å². The van der Waals surface area contributed by atoms with Crippen molar-refractivity contribution in [2.75, 3.05) is 0 Å². The summed E-state index contributed by atoms with van der Waals surface area (Å²) in [5, 5.41) is 0. The summed E-state index contributed by atoms with van der Waals surface area (Å²) in [6.45, 7) is 0.258. The summed E-state index contributed by atoms with van der Waals surface area (Å²) in [5.74, 6) is 0. The molecule has 4 rings (SSSR count). The molecule has 1 aromatic heterocycles. The van der Waals surface area contributed by atoms with Crippen LogP contribution in [-0.2, 0) is 0 Å². The minimum atomic E-state index is -3.82. The van der Waals surface area contributed by atoms with E-state index < -0.39 is 6.97 Å². The van der Waals surface area contributed by atoms with Crippen molar-refractivity contribution in [3.05, 3.63) is 76.8 Å². The lowest BCUT2D eigenvalue weighted by atomic mass is 9.85. The second kappa shape index (κ2) is 4.29. The van der Waals surface area contributed by atoms with Gasteiger partial charge in [-0.15, -0.1) is 0 Å². The van der Waals surface area contributed by atoms with E-state index in [1.807, 2.05) is 32.0 Å². The maximum Gasteiger partial charge on any atom is 0.737 e. The molecule has 22 heavy (non-hydrogen) atoms. The van der Waals surface area contributed by atoms with Crippen molar-refractivity contribution in [3.8, 4) is 0 Å². The first-order valence-corrected chi connectivity index (χ1v) is 7.32. The second-order valence-corrected chi connectivity index (χ2v) is 5.81. The molecule has 0 saturated heterocycles. The second-order valence-electron chi connectivity index (χ2n) is 5.81. The highest BCUT2D eigenvalue weighted by atomic mass is 19.2. The van der Waals surface area contributed by atoms with Gasteiger partial charge in [0.15, 0.2) is 5.70 Å². The molecule has 0 bridgehead atoms. The van der Waals surface area contributed by atoms with E-state index in [1.165, 1.54) is 12.4 Å². The van der Waals surface area contributed by atoms with E-state index in [0.29, 0.717) is 11.4 Å². The third-order valence-corrected chi connectivity index (χ3v) is 4.61. The highest BCUT2D eigenvalue weighted by molar-refractivity contribution is 6.57. The van der Waals surface area contributed by atoms with Crippen LogP contribution in [0.25, 0.3) is 5.57 Å². The van der Waals surface area contributed by atoms with E-state index in [2.05, 4.69) is 0 Å². The van der Waals surface area contributed by atoms with E-state index in [9.17, 15) is 8.63 Å². The standard InChI is InChI=1S/C17H15BF2N2/c1-12-6-3-7-14(13(12)2)17-15-8-4-10-21(15)18(19,20)22-11-5-9-16(17)22/h3-11H,1-2H3. The minimum Gasteiger partial charge on any atom is -0.396 e. The summed E-state index contributed by atoms with van der Waals surface area (Å²) < 4.78 is 31.6. The first-order chi connectivity index (χ1) is 10.5. The molecule has 5 heteroatoms. The zero-order valence-electron chi connectivity index (χ0n) is 12.4. The van der Waals surface area contributed by atoms with Gasteiger partial charge in [-0.25, -0.2) is 0 Å². The molecule has 0 atom stereocenters. The average molecular weight is 296 g/mol. The molecule has 2 aromatic rings. The van der Waals surface area contributed by atoms with Gasteiger partial charge in [-0.1, -0.05) is 18.2 Å². The van der Waals surface area contributed by atoms with Crippen LogP contribution in [0.4, 0.5) is 8.63 Å². The van der Waals surface area contributed by atoms with Gasteiger partial charge in [-0.3, -0.25) is 0 Å². The summed E-state index contributed by atoms with van der Waals surface area (Å²) in [7, 11) is 0. The zero-order valence-corrected chi connectivity index (χ0v) is 12.4. The first kappa shape index (κ1) is 13.3. The number of allylic oxidation sites excluding steroid dienone is 2. The third kappa shape index (κ3) is 1.56. The molecule has 1 aromatic carbocycles. The molecule has 2 aliphatic heterocycles. The molecule has 2 nitrogen and oxygen atoms in total. The van der Waals surface area contributed by atoms with Crippen LogP contribution in [0.3, 0.4) is 0 Å². The fourth-order valence-corrected chi connectivity index (χ4v) is 3.32. The van der Waals surface area contributed by atoms with Gasteiger partial charge in [0.2, 0.25) is 0 Å². The number of aryl methyl sites for hydroxylation is 1.